The zero-order chi connectivity index (χ0) is 18.2. The van der Waals surface area contributed by atoms with Crippen molar-refractivity contribution in [1.82, 2.24) is 10.2 Å². The molecule has 2 aromatic carbocycles. The Kier molecular flexibility index (Phi) is 7.77. The third-order valence-electron chi connectivity index (χ3n) is 4.34. The first kappa shape index (κ1) is 19.6. The molecule has 1 fully saturated rings. The largest absolute Gasteiger partial charge is 0.488 e. The molecule has 0 bridgehead atoms. The number of nitrogens with one attached hydrogen (secondary N) is 1. The second-order valence-corrected chi connectivity index (χ2v) is 7.60. The highest BCUT2D eigenvalue weighted by molar-refractivity contribution is 9.10. The number of halogens is 2. The molecule has 4 nitrogen and oxygen atoms in total. The topological polar surface area (TPSA) is 33.7 Å². The molecule has 0 atom stereocenters. The van der Waals surface area contributed by atoms with Crippen molar-refractivity contribution in [3.8, 4) is 5.75 Å². The van der Waals surface area contributed by atoms with E-state index in [0.29, 0.717) is 6.61 Å². The molecule has 1 heterocycles. The summed E-state index contributed by atoms with van der Waals surface area (Å²) in [6.07, 6.45) is 0. The number of nitrogens with zero attached hydrogens (tertiary/aromatic N) is 1. The van der Waals surface area contributed by atoms with E-state index in [0.717, 1.165) is 66.7 Å². The Hall–Kier alpha value is -1.11. The van der Waals surface area contributed by atoms with E-state index in [1.54, 1.807) is 0 Å². The first-order valence-electron chi connectivity index (χ1n) is 8.87. The summed E-state index contributed by atoms with van der Waals surface area (Å²) in [5.74, 6) is 0.844. The van der Waals surface area contributed by atoms with Crippen molar-refractivity contribution in [3.05, 3.63) is 63.1 Å². The summed E-state index contributed by atoms with van der Waals surface area (Å²) in [4.78, 5) is 2.43. The highest BCUT2D eigenvalue weighted by Crippen LogP contribution is 2.27. The van der Waals surface area contributed by atoms with E-state index in [9.17, 15) is 0 Å². The van der Waals surface area contributed by atoms with Gasteiger partial charge in [-0.05, 0) is 51.3 Å². The van der Waals surface area contributed by atoms with Crippen LogP contribution in [0.2, 0.25) is 5.02 Å². The van der Waals surface area contributed by atoms with Gasteiger partial charge in [-0.15, -0.1) is 0 Å². The predicted octanol–water partition coefficient (Wildman–Crippen LogP) is 4.10. The summed E-state index contributed by atoms with van der Waals surface area (Å²) in [5.41, 5.74) is 2.33. The van der Waals surface area contributed by atoms with Gasteiger partial charge in [0.25, 0.3) is 0 Å². The fourth-order valence-electron chi connectivity index (χ4n) is 2.81. The number of hydrogen-bond donors (Lipinski definition) is 1. The maximum Gasteiger partial charge on any atom is 0.134 e. The van der Waals surface area contributed by atoms with Gasteiger partial charge in [-0.2, -0.15) is 0 Å². The SMILES string of the molecule is Clc1ccc(COc2ccc(CNCCN3CCOCC3)cc2Br)cc1. The molecule has 0 amide bonds. The second-order valence-electron chi connectivity index (χ2n) is 6.31. The van der Waals surface area contributed by atoms with Crippen molar-refractivity contribution < 1.29 is 9.47 Å². The zero-order valence-electron chi connectivity index (χ0n) is 14.7. The second kappa shape index (κ2) is 10.3. The van der Waals surface area contributed by atoms with Gasteiger partial charge in [0.05, 0.1) is 17.7 Å². The smallest absolute Gasteiger partial charge is 0.134 e. The molecule has 140 valence electrons. The number of hydrogen-bond acceptors (Lipinski definition) is 4. The van der Waals surface area contributed by atoms with Crippen molar-refractivity contribution in [2.45, 2.75) is 13.2 Å². The maximum atomic E-state index is 5.91. The van der Waals surface area contributed by atoms with Gasteiger partial charge in [0, 0.05) is 37.7 Å². The average Bonchev–Trinajstić information content (AvgIpc) is 2.67. The van der Waals surface area contributed by atoms with Crippen LogP contribution in [0.25, 0.3) is 0 Å². The van der Waals surface area contributed by atoms with Crippen molar-refractivity contribution in [2.24, 2.45) is 0 Å². The van der Waals surface area contributed by atoms with Gasteiger partial charge in [-0.25, -0.2) is 0 Å². The third kappa shape index (κ3) is 6.25. The average molecular weight is 440 g/mol. The minimum atomic E-state index is 0.521. The summed E-state index contributed by atoms with van der Waals surface area (Å²) in [6, 6.07) is 13.9. The highest BCUT2D eigenvalue weighted by Gasteiger charge is 2.09. The molecule has 26 heavy (non-hydrogen) atoms. The minimum absolute atomic E-state index is 0.521. The van der Waals surface area contributed by atoms with Crippen molar-refractivity contribution >= 4 is 27.5 Å². The molecule has 0 unspecified atom stereocenters. The highest BCUT2D eigenvalue weighted by atomic mass is 79.9. The van der Waals surface area contributed by atoms with Crippen LogP contribution in [0.15, 0.2) is 46.9 Å². The lowest BCUT2D eigenvalue weighted by Crippen LogP contribution is -2.40. The van der Waals surface area contributed by atoms with Gasteiger partial charge in [-0.1, -0.05) is 29.8 Å². The fourth-order valence-corrected chi connectivity index (χ4v) is 3.47. The van der Waals surface area contributed by atoms with Crippen molar-refractivity contribution in [2.75, 3.05) is 39.4 Å². The van der Waals surface area contributed by atoms with Crippen LogP contribution in [-0.2, 0) is 17.9 Å². The molecule has 0 spiro atoms. The number of ether oxygens (including phenoxy) is 2. The molecule has 1 aliphatic heterocycles. The van der Waals surface area contributed by atoms with Gasteiger partial charge in [0.15, 0.2) is 0 Å². The molecule has 3 rings (SSSR count). The predicted molar refractivity (Wildman–Crippen MR) is 109 cm³/mol. The van der Waals surface area contributed by atoms with Crippen molar-refractivity contribution in [3.63, 3.8) is 0 Å². The standard InChI is InChI=1S/C20H24BrClN2O2/c21-19-13-17(14-23-7-8-24-9-11-25-12-10-24)3-6-20(19)26-15-16-1-4-18(22)5-2-16/h1-6,13,23H,7-12,14-15H2. The maximum absolute atomic E-state index is 5.91. The van der Waals surface area contributed by atoms with E-state index in [1.165, 1.54) is 5.56 Å². The molecule has 2 aromatic rings. The summed E-state index contributed by atoms with van der Waals surface area (Å²) in [7, 11) is 0. The molecule has 0 aliphatic carbocycles. The molecule has 0 aromatic heterocycles. The Morgan fingerprint density at radius 1 is 1.08 bits per heavy atom. The van der Waals surface area contributed by atoms with E-state index in [-0.39, 0.29) is 0 Å². The lowest BCUT2D eigenvalue weighted by molar-refractivity contribution is 0.0384. The van der Waals surface area contributed by atoms with Gasteiger partial charge >= 0.3 is 0 Å². The number of morpholine rings is 1. The fraction of sp³-hybridized carbons (Fsp3) is 0.400. The first-order valence-corrected chi connectivity index (χ1v) is 10.0. The summed E-state index contributed by atoms with van der Waals surface area (Å²) in [5, 5.41) is 4.24. The summed E-state index contributed by atoms with van der Waals surface area (Å²) < 4.78 is 12.2. The van der Waals surface area contributed by atoms with E-state index in [1.807, 2.05) is 30.3 Å². The van der Waals surface area contributed by atoms with Crippen LogP contribution in [0, 0.1) is 0 Å². The van der Waals surface area contributed by atoms with Gasteiger partial charge in [-0.3, -0.25) is 4.90 Å². The minimum Gasteiger partial charge on any atom is -0.488 e. The molecule has 1 N–H and O–H groups in total. The van der Waals surface area contributed by atoms with Crippen LogP contribution >= 0.6 is 27.5 Å². The zero-order valence-corrected chi connectivity index (χ0v) is 17.1. The molecule has 1 aliphatic rings. The van der Waals surface area contributed by atoms with Gasteiger partial charge in [0.2, 0.25) is 0 Å². The summed E-state index contributed by atoms with van der Waals surface area (Å²) in [6.45, 7) is 7.18. The molecule has 0 radical (unpaired) electrons. The number of rotatable bonds is 8. The Morgan fingerprint density at radius 3 is 2.54 bits per heavy atom. The van der Waals surface area contributed by atoms with Crippen LogP contribution in [0.5, 0.6) is 5.75 Å². The van der Waals surface area contributed by atoms with Crippen molar-refractivity contribution in [1.29, 1.82) is 0 Å². The van der Waals surface area contributed by atoms with Crippen LogP contribution in [0.4, 0.5) is 0 Å². The molecular formula is C20H24BrClN2O2. The normalized spacial score (nSPS) is 15.2. The van der Waals surface area contributed by atoms with Gasteiger partial charge in [0.1, 0.15) is 12.4 Å². The van der Waals surface area contributed by atoms with E-state index in [4.69, 9.17) is 21.1 Å². The monoisotopic (exact) mass is 438 g/mol. The Labute approximate surface area is 168 Å². The molecule has 6 heteroatoms. The quantitative estimate of drug-likeness (QED) is 0.628. The van der Waals surface area contributed by atoms with E-state index in [2.05, 4.69) is 38.3 Å². The lowest BCUT2D eigenvalue weighted by Gasteiger charge is -2.26. The Morgan fingerprint density at radius 2 is 1.81 bits per heavy atom. The van der Waals surface area contributed by atoms with E-state index >= 15 is 0 Å². The molecule has 0 saturated carbocycles. The first-order chi connectivity index (χ1) is 12.7. The van der Waals surface area contributed by atoms with Crippen LogP contribution in [0.1, 0.15) is 11.1 Å². The molecule has 1 saturated heterocycles. The van der Waals surface area contributed by atoms with Crippen LogP contribution < -0.4 is 10.1 Å². The lowest BCUT2D eigenvalue weighted by atomic mass is 10.2. The number of benzene rings is 2. The van der Waals surface area contributed by atoms with Crippen LogP contribution in [-0.4, -0.2) is 44.3 Å². The molecular weight excluding hydrogens is 416 g/mol. The van der Waals surface area contributed by atoms with Gasteiger partial charge < -0.3 is 14.8 Å². The van der Waals surface area contributed by atoms with Crippen LogP contribution in [0.3, 0.4) is 0 Å². The Bertz CT molecular complexity index is 691. The summed E-state index contributed by atoms with van der Waals surface area (Å²) >= 11 is 9.51. The third-order valence-corrected chi connectivity index (χ3v) is 5.21. The van der Waals surface area contributed by atoms with E-state index < -0.39 is 0 Å². The Balaban J connectivity index is 1.42.